The smallest absolute Gasteiger partial charge is 0.407 e. The van der Waals surface area contributed by atoms with Crippen LogP contribution in [0, 0.1) is 0 Å². The molecule has 0 atom stereocenters. The van der Waals surface area contributed by atoms with Crippen LogP contribution in [0.5, 0.6) is 0 Å². The second-order valence-electron chi connectivity index (χ2n) is 7.04. The van der Waals surface area contributed by atoms with Crippen molar-refractivity contribution in [1.29, 1.82) is 0 Å². The van der Waals surface area contributed by atoms with Crippen LogP contribution in [-0.2, 0) is 10.2 Å². The topological polar surface area (TPSA) is 63.2 Å². The fourth-order valence-corrected chi connectivity index (χ4v) is 1.61. The number of hydrogen-bond acceptors (Lipinski definition) is 4. The van der Waals surface area contributed by atoms with Gasteiger partial charge in [0.15, 0.2) is 0 Å². The van der Waals surface area contributed by atoms with Gasteiger partial charge in [0.2, 0.25) is 0 Å². The molecule has 0 unspecified atom stereocenters. The molecule has 0 aliphatic heterocycles. The molecule has 0 aliphatic carbocycles. The fraction of sp³-hybridized carbons (Fsp3) is 0.625. The summed E-state index contributed by atoms with van der Waals surface area (Å²) in [4.78, 5) is 15.8. The number of nitrogens with zero attached hydrogens (tertiary/aromatic N) is 1. The van der Waals surface area contributed by atoms with E-state index in [1.54, 1.807) is 0 Å². The largest absolute Gasteiger partial charge is 0.444 e. The van der Waals surface area contributed by atoms with Gasteiger partial charge in [-0.3, -0.25) is 0 Å². The van der Waals surface area contributed by atoms with Gasteiger partial charge in [0.05, 0.1) is 0 Å². The molecule has 5 heteroatoms. The second kappa shape index (κ2) is 6.78. The standard InChI is InChI=1S/C16H27N3O2/c1-15(2,3)12-7-8-13(19-11-12)17-9-10-18-14(20)21-16(4,5)6/h7-8,11H,9-10H2,1-6H3,(H,17,19)(H,18,20). The average Bonchev–Trinajstić information content (AvgIpc) is 2.32. The van der Waals surface area contributed by atoms with Crippen molar-refractivity contribution in [3.63, 3.8) is 0 Å². The fourth-order valence-electron chi connectivity index (χ4n) is 1.61. The van der Waals surface area contributed by atoms with Crippen molar-refractivity contribution < 1.29 is 9.53 Å². The maximum absolute atomic E-state index is 11.4. The lowest BCUT2D eigenvalue weighted by Gasteiger charge is -2.20. The molecule has 1 rings (SSSR count). The molecule has 21 heavy (non-hydrogen) atoms. The first kappa shape index (κ1) is 17.3. The lowest BCUT2D eigenvalue weighted by Crippen LogP contribution is -2.35. The Hall–Kier alpha value is -1.78. The van der Waals surface area contributed by atoms with E-state index in [1.165, 1.54) is 5.56 Å². The zero-order valence-electron chi connectivity index (χ0n) is 13.9. The SMILES string of the molecule is CC(C)(C)OC(=O)NCCNc1ccc(C(C)(C)C)cn1. The van der Waals surface area contributed by atoms with Crippen LogP contribution in [-0.4, -0.2) is 29.8 Å². The normalized spacial score (nSPS) is 11.9. The molecule has 1 aromatic heterocycles. The number of carbonyl (C=O) groups excluding carboxylic acids is 1. The maximum Gasteiger partial charge on any atom is 0.407 e. The number of amides is 1. The lowest BCUT2D eigenvalue weighted by molar-refractivity contribution is 0.0530. The Morgan fingerprint density at radius 1 is 1.14 bits per heavy atom. The summed E-state index contributed by atoms with van der Waals surface area (Å²) in [7, 11) is 0. The Kier molecular flexibility index (Phi) is 5.58. The van der Waals surface area contributed by atoms with E-state index in [-0.39, 0.29) is 5.41 Å². The van der Waals surface area contributed by atoms with E-state index < -0.39 is 11.7 Å². The zero-order valence-corrected chi connectivity index (χ0v) is 13.9. The summed E-state index contributed by atoms with van der Waals surface area (Å²) in [6.45, 7) is 13.1. The van der Waals surface area contributed by atoms with Crippen molar-refractivity contribution in [2.45, 2.75) is 52.6 Å². The molecule has 0 spiro atoms. The van der Waals surface area contributed by atoms with Crippen LogP contribution in [0.2, 0.25) is 0 Å². The van der Waals surface area contributed by atoms with Crippen molar-refractivity contribution in [1.82, 2.24) is 10.3 Å². The molecule has 0 fully saturated rings. The molecule has 0 bridgehead atoms. The molecular weight excluding hydrogens is 266 g/mol. The van der Waals surface area contributed by atoms with Crippen LogP contribution >= 0.6 is 0 Å². The molecule has 1 amide bonds. The van der Waals surface area contributed by atoms with Gasteiger partial charge in [-0.15, -0.1) is 0 Å². The molecule has 0 saturated carbocycles. The minimum atomic E-state index is -0.470. The van der Waals surface area contributed by atoms with Crippen molar-refractivity contribution in [2.24, 2.45) is 0 Å². The highest BCUT2D eigenvalue weighted by Crippen LogP contribution is 2.21. The van der Waals surface area contributed by atoms with Crippen LogP contribution in [0.15, 0.2) is 18.3 Å². The highest BCUT2D eigenvalue weighted by molar-refractivity contribution is 5.67. The summed E-state index contributed by atoms with van der Waals surface area (Å²) < 4.78 is 5.15. The minimum absolute atomic E-state index is 0.101. The lowest BCUT2D eigenvalue weighted by atomic mass is 9.88. The van der Waals surface area contributed by atoms with Crippen molar-refractivity contribution in [3.05, 3.63) is 23.9 Å². The third-order valence-electron chi connectivity index (χ3n) is 2.73. The van der Waals surface area contributed by atoms with Crippen LogP contribution in [0.1, 0.15) is 47.1 Å². The number of pyridine rings is 1. The molecule has 2 N–H and O–H groups in total. The zero-order chi connectivity index (χ0) is 16.1. The molecular formula is C16H27N3O2. The molecule has 1 heterocycles. The molecule has 0 aliphatic rings. The average molecular weight is 293 g/mol. The Balaban J connectivity index is 2.32. The van der Waals surface area contributed by atoms with Gasteiger partial charge in [-0.25, -0.2) is 9.78 Å². The number of nitrogens with one attached hydrogen (secondary N) is 2. The molecule has 0 radical (unpaired) electrons. The molecule has 0 saturated heterocycles. The summed E-state index contributed by atoms with van der Waals surface area (Å²) in [5, 5.41) is 5.85. The maximum atomic E-state index is 11.4. The van der Waals surface area contributed by atoms with Gasteiger partial charge in [-0.05, 0) is 37.8 Å². The van der Waals surface area contributed by atoms with E-state index in [0.717, 1.165) is 5.82 Å². The van der Waals surface area contributed by atoms with Gasteiger partial charge >= 0.3 is 6.09 Å². The molecule has 1 aromatic rings. The van der Waals surface area contributed by atoms with Gasteiger partial charge in [0.25, 0.3) is 0 Å². The summed E-state index contributed by atoms with van der Waals surface area (Å²) in [5.74, 6) is 0.800. The first-order chi connectivity index (χ1) is 9.58. The quantitative estimate of drug-likeness (QED) is 0.836. The van der Waals surface area contributed by atoms with Gasteiger partial charge in [0, 0.05) is 19.3 Å². The van der Waals surface area contributed by atoms with Crippen LogP contribution in [0.25, 0.3) is 0 Å². The van der Waals surface area contributed by atoms with Crippen LogP contribution in [0.4, 0.5) is 10.6 Å². The number of carbonyl (C=O) groups is 1. The van der Waals surface area contributed by atoms with Crippen molar-refractivity contribution in [2.75, 3.05) is 18.4 Å². The number of ether oxygens (including phenoxy) is 1. The number of hydrogen-bond donors (Lipinski definition) is 2. The molecule has 118 valence electrons. The first-order valence-corrected chi connectivity index (χ1v) is 7.25. The van der Waals surface area contributed by atoms with Gasteiger partial charge in [0.1, 0.15) is 11.4 Å². The van der Waals surface area contributed by atoms with E-state index in [1.807, 2.05) is 33.0 Å². The Morgan fingerprint density at radius 3 is 2.29 bits per heavy atom. The number of aromatic nitrogens is 1. The Bertz CT molecular complexity index is 456. The Morgan fingerprint density at radius 2 is 1.81 bits per heavy atom. The minimum Gasteiger partial charge on any atom is -0.444 e. The summed E-state index contributed by atoms with van der Waals surface area (Å²) in [6.07, 6.45) is 1.48. The van der Waals surface area contributed by atoms with Crippen LogP contribution in [0.3, 0.4) is 0 Å². The second-order valence-corrected chi connectivity index (χ2v) is 7.04. The summed E-state index contributed by atoms with van der Waals surface area (Å²) in [6, 6.07) is 4.02. The predicted molar refractivity (Wildman–Crippen MR) is 85.7 cm³/mol. The predicted octanol–water partition coefficient (Wildman–Crippen LogP) is 3.32. The third-order valence-corrected chi connectivity index (χ3v) is 2.73. The summed E-state index contributed by atoms with van der Waals surface area (Å²) in [5.41, 5.74) is 0.825. The number of rotatable bonds is 4. The number of anilines is 1. The number of alkyl carbamates (subject to hydrolysis) is 1. The first-order valence-electron chi connectivity index (χ1n) is 7.25. The van der Waals surface area contributed by atoms with E-state index in [4.69, 9.17) is 4.74 Å². The van der Waals surface area contributed by atoms with Gasteiger partial charge in [-0.1, -0.05) is 26.8 Å². The van der Waals surface area contributed by atoms with Crippen molar-refractivity contribution >= 4 is 11.9 Å². The summed E-state index contributed by atoms with van der Waals surface area (Å²) >= 11 is 0. The van der Waals surface area contributed by atoms with Gasteiger partial charge in [-0.2, -0.15) is 0 Å². The molecule has 0 aromatic carbocycles. The van der Waals surface area contributed by atoms with Crippen molar-refractivity contribution in [3.8, 4) is 0 Å². The monoisotopic (exact) mass is 293 g/mol. The van der Waals surface area contributed by atoms with E-state index in [0.29, 0.717) is 13.1 Å². The Labute approximate surface area is 127 Å². The van der Waals surface area contributed by atoms with Crippen LogP contribution < -0.4 is 10.6 Å². The van der Waals surface area contributed by atoms with Gasteiger partial charge < -0.3 is 15.4 Å². The third kappa shape index (κ3) is 6.97. The molecule has 5 nitrogen and oxygen atoms in total. The van der Waals surface area contributed by atoms with E-state index >= 15 is 0 Å². The van der Waals surface area contributed by atoms with E-state index in [2.05, 4.69) is 42.5 Å². The van der Waals surface area contributed by atoms with E-state index in [9.17, 15) is 4.79 Å². The highest BCUT2D eigenvalue weighted by Gasteiger charge is 2.15. The highest BCUT2D eigenvalue weighted by atomic mass is 16.6.